The number of nitrogens with zero attached hydrogens (tertiary/aromatic N) is 2. The summed E-state index contributed by atoms with van der Waals surface area (Å²) in [5.41, 5.74) is 2.12. The van der Waals surface area contributed by atoms with Crippen molar-refractivity contribution >= 4 is 11.7 Å². The zero-order valence-corrected chi connectivity index (χ0v) is 9.44. The Morgan fingerprint density at radius 3 is 2.62 bits per heavy atom. The van der Waals surface area contributed by atoms with Crippen LogP contribution in [0.5, 0.6) is 0 Å². The minimum absolute atomic E-state index is 0.321. The summed E-state index contributed by atoms with van der Waals surface area (Å²) >= 11 is 0. The number of anilines is 1. The Balaban J connectivity index is 2.40. The van der Waals surface area contributed by atoms with Gasteiger partial charge in [0.05, 0.1) is 5.69 Å². The SMILES string of the molecule is Cc1cncc(C(=O)O)c1N1CCCCC1. The van der Waals surface area contributed by atoms with E-state index in [0.29, 0.717) is 5.56 Å². The maximum atomic E-state index is 11.1. The Kier molecular flexibility index (Phi) is 3.08. The molecule has 0 unspecified atom stereocenters. The van der Waals surface area contributed by atoms with E-state index in [2.05, 4.69) is 9.88 Å². The number of aryl methyl sites for hydroxylation is 1. The lowest BCUT2D eigenvalue weighted by Crippen LogP contribution is -2.31. The molecule has 4 heteroatoms. The number of carbonyl (C=O) groups is 1. The summed E-state index contributed by atoms with van der Waals surface area (Å²) in [6, 6.07) is 0. The Labute approximate surface area is 94.9 Å². The van der Waals surface area contributed by atoms with Crippen LogP contribution in [-0.4, -0.2) is 29.1 Å². The van der Waals surface area contributed by atoms with Crippen molar-refractivity contribution < 1.29 is 9.90 Å². The zero-order valence-electron chi connectivity index (χ0n) is 9.44. The first-order valence-corrected chi connectivity index (χ1v) is 5.63. The van der Waals surface area contributed by atoms with Crippen LogP contribution in [0.25, 0.3) is 0 Å². The fourth-order valence-corrected chi connectivity index (χ4v) is 2.25. The molecule has 0 saturated carbocycles. The first-order valence-electron chi connectivity index (χ1n) is 5.63. The molecule has 2 rings (SSSR count). The molecule has 16 heavy (non-hydrogen) atoms. The van der Waals surface area contributed by atoms with E-state index >= 15 is 0 Å². The predicted octanol–water partition coefficient (Wildman–Crippen LogP) is 2.08. The summed E-state index contributed by atoms with van der Waals surface area (Å²) in [6.07, 6.45) is 6.69. The molecule has 2 heterocycles. The van der Waals surface area contributed by atoms with Gasteiger partial charge >= 0.3 is 5.97 Å². The fraction of sp³-hybridized carbons (Fsp3) is 0.500. The summed E-state index contributed by atoms with van der Waals surface area (Å²) in [5.74, 6) is -0.892. The van der Waals surface area contributed by atoms with Gasteiger partial charge in [0.15, 0.2) is 0 Å². The largest absolute Gasteiger partial charge is 0.478 e. The summed E-state index contributed by atoms with van der Waals surface area (Å²) in [5, 5.41) is 9.15. The monoisotopic (exact) mass is 220 g/mol. The maximum absolute atomic E-state index is 11.1. The van der Waals surface area contributed by atoms with Crippen molar-refractivity contribution in [2.45, 2.75) is 26.2 Å². The number of rotatable bonds is 2. The molecule has 1 aromatic rings. The molecule has 1 aliphatic heterocycles. The second-order valence-corrected chi connectivity index (χ2v) is 4.21. The molecule has 0 radical (unpaired) electrons. The Hall–Kier alpha value is -1.58. The standard InChI is InChI=1S/C12H16N2O2/c1-9-7-13-8-10(12(15)16)11(9)14-5-3-2-4-6-14/h7-8H,2-6H2,1H3,(H,15,16). The molecule has 0 aromatic carbocycles. The van der Waals surface area contributed by atoms with E-state index < -0.39 is 5.97 Å². The van der Waals surface area contributed by atoms with Gasteiger partial charge in [-0.3, -0.25) is 4.98 Å². The van der Waals surface area contributed by atoms with Gasteiger partial charge in [0.25, 0.3) is 0 Å². The summed E-state index contributed by atoms with van der Waals surface area (Å²) in [7, 11) is 0. The van der Waals surface area contributed by atoms with Crippen molar-refractivity contribution in [2.24, 2.45) is 0 Å². The molecule has 86 valence electrons. The van der Waals surface area contributed by atoms with Gasteiger partial charge in [0, 0.05) is 25.5 Å². The van der Waals surface area contributed by atoms with Crippen molar-refractivity contribution in [3.05, 3.63) is 23.5 Å². The number of aromatic nitrogens is 1. The average Bonchev–Trinajstić information content (AvgIpc) is 2.29. The third-order valence-electron chi connectivity index (χ3n) is 3.00. The molecular formula is C12H16N2O2. The molecule has 1 fully saturated rings. The van der Waals surface area contributed by atoms with Crippen molar-refractivity contribution in [1.82, 2.24) is 4.98 Å². The minimum atomic E-state index is -0.892. The highest BCUT2D eigenvalue weighted by atomic mass is 16.4. The number of carboxylic acid groups (broad SMARTS) is 1. The second kappa shape index (κ2) is 4.51. The van der Waals surface area contributed by atoms with Crippen molar-refractivity contribution in [3.8, 4) is 0 Å². The van der Waals surface area contributed by atoms with Crippen molar-refractivity contribution in [3.63, 3.8) is 0 Å². The lowest BCUT2D eigenvalue weighted by atomic mass is 10.1. The lowest BCUT2D eigenvalue weighted by Gasteiger charge is -2.30. The smallest absolute Gasteiger partial charge is 0.339 e. The molecule has 0 amide bonds. The Morgan fingerprint density at radius 1 is 1.31 bits per heavy atom. The van der Waals surface area contributed by atoms with Crippen molar-refractivity contribution in [1.29, 1.82) is 0 Å². The second-order valence-electron chi connectivity index (χ2n) is 4.21. The zero-order chi connectivity index (χ0) is 11.5. The van der Waals surface area contributed by atoms with E-state index in [4.69, 9.17) is 5.11 Å². The summed E-state index contributed by atoms with van der Waals surface area (Å²) in [4.78, 5) is 17.3. The van der Waals surface area contributed by atoms with Crippen LogP contribution in [0.2, 0.25) is 0 Å². The highest BCUT2D eigenvalue weighted by Gasteiger charge is 2.20. The molecule has 0 aliphatic carbocycles. The molecular weight excluding hydrogens is 204 g/mol. The van der Waals surface area contributed by atoms with Crippen LogP contribution in [0.4, 0.5) is 5.69 Å². The topological polar surface area (TPSA) is 53.4 Å². The van der Waals surface area contributed by atoms with Crippen LogP contribution in [-0.2, 0) is 0 Å². The van der Waals surface area contributed by atoms with Gasteiger partial charge in [-0.1, -0.05) is 0 Å². The van der Waals surface area contributed by atoms with Crippen LogP contribution < -0.4 is 4.90 Å². The minimum Gasteiger partial charge on any atom is -0.478 e. The van der Waals surface area contributed by atoms with E-state index in [1.165, 1.54) is 12.6 Å². The van der Waals surface area contributed by atoms with Gasteiger partial charge in [-0.25, -0.2) is 4.79 Å². The highest BCUT2D eigenvalue weighted by molar-refractivity contribution is 5.94. The normalized spacial score (nSPS) is 16.2. The molecule has 1 saturated heterocycles. The van der Waals surface area contributed by atoms with E-state index in [0.717, 1.165) is 37.2 Å². The van der Waals surface area contributed by atoms with Gasteiger partial charge < -0.3 is 10.0 Å². The third kappa shape index (κ3) is 2.01. The number of hydrogen-bond donors (Lipinski definition) is 1. The number of carboxylic acids is 1. The maximum Gasteiger partial charge on any atom is 0.339 e. The molecule has 0 bridgehead atoms. The molecule has 0 spiro atoms. The van der Waals surface area contributed by atoms with Gasteiger partial charge in [-0.05, 0) is 31.7 Å². The predicted molar refractivity (Wildman–Crippen MR) is 62.0 cm³/mol. The molecule has 1 N–H and O–H groups in total. The first kappa shape index (κ1) is 10.9. The third-order valence-corrected chi connectivity index (χ3v) is 3.00. The quantitative estimate of drug-likeness (QED) is 0.829. The lowest BCUT2D eigenvalue weighted by molar-refractivity contribution is 0.0697. The van der Waals surface area contributed by atoms with Gasteiger partial charge in [0.2, 0.25) is 0 Å². The van der Waals surface area contributed by atoms with Gasteiger partial charge in [0.1, 0.15) is 5.56 Å². The summed E-state index contributed by atoms with van der Waals surface area (Å²) < 4.78 is 0. The Morgan fingerprint density at radius 2 is 2.00 bits per heavy atom. The van der Waals surface area contributed by atoms with Gasteiger partial charge in [-0.2, -0.15) is 0 Å². The van der Waals surface area contributed by atoms with E-state index in [9.17, 15) is 4.79 Å². The van der Waals surface area contributed by atoms with E-state index in [1.807, 2.05) is 6.92 Å². The van der Waals surface area contributed by atoms with Crippen molar-refractivity contribution in [2.75, 3.05) is 18.0 Å². The van der Waals surface area contributed by atoms with Crippen LogP contribution in [0.15, 0.2) is 12.4 Å². The fourth-order valence-electron chi connectivity index (χ4n) is 2.25. The van der Waals surface area contributed by atoms with Crippen LogP contribution in [0, 0.1) is 6.92 Å². The van der Waals surface area contributed by atoms with Gasteiger partial charge in [-0.15, -0.1) is 0 Å². The summed E-state index contributed by atoms with van der Waals surface area (Å²) in [6.45, 7) is 3.82. The number of hydrogen-bond acceptors (Lipinski definition) is 3. The van der Waals surface area contributed by atoms with Crippen LogP contribution in [0.1, 0.15) is 35.2 Å². The van der Waals surface area contributed by atoms with Crippen LogP contribution in [0.3, 0.4) is 0 Å². The molecule has 0 atom stereocenters. The van der Waals surface area contributed by atoms with E-state index in [1.54, 1.807) is 6.20 Å². The van der Waals surface area contributed by atoms with E-state index in [-0.39, 0.29) is 0 Å². The molecule has 1 aromatic heterocycles. The number of pyridine rings is 1. The average molecular weight is 220 g/mol. The number of aromatic carboxylic acids is 1. The molecule has 4 nitrogen and oxygen atoms in total. The first-order chi connectivity index (χ1) is 7.70. The number of piperidine rings is 1. The Bertz CT molecular complexity index is 398. The molecule has 1 aliphatic rings. The highest BCUT2D eigenvalue weighted by Crippen LogP contribution is 2.27. The van der Waals surface area contributed by atoms with Crippen LogP contribution >= 0.6 is 0 Å².